The van der Waals surface area contributed by atoms with Crippen molar-refractivity contribution in [2.24, 2.45) is 5.92 Å². The third-order valence-electron chi connectivity index (χ3n) is 4.85. The fraction of sp³-hybridized carbons (Fsp3) is 0.588. The molecule has 136 valence electrons. The zero-order valence-electron chi connectivity index (χ0n) is 14.3. The Morgan fingerprint density at radius 3 is 2.48 bits per heavy atom. The Labute approximate surface area is 145 Å². The van der Waals surface area contributed by atoms with E-state index in [1.807, 2.05) is 13.8 Å². The molecule has 1 aromatic rings. The molecule has 25 heavy (non-hydrogen) atoms. The summed E-state index contributed by atoms with van der Waals surface area (Å²) in [6, 6.07) is 2.02. The fourth-order valence-electron chi connectivity index (χ4n) is 3.52. The number of carbonyl (C=O) groups excluding carboxylic acids is 2. The van der Waals surface area contributed by atoms with Crippen molar-refractivity contribution in [3.8, 4) is 0 Å². The molecule has 2 aliphatic rings. The number of nitrogens with zero attached hydrogens (tertiary/aromatic N) is 2. The number of hydrogen-bond acceptors (Lipinski definition) is 5. The summed E-state index contributed by atoms with van der Waals surface area (Å²) >= 11 is 0. The van der Waals surface area contributed by atoms with Gasteiger partial charge in [0.15, 0.2) is 11.8 Å². The maximum atomic E-state index is 12.8. The Kier molecular flexibility index (Phi) is 4.55. The monoisotopic (exact) mass is 350 g/mol. The smallest absolute Gasteiger partial charge is 0.328 e. The standard InChI is InChI=1S/C17H22N2O6/c1-11(2)14(20)18-7-5-17(6-8-18)19(12(10-25-17)16(22)23)15(21)13-4-3-9-24-13/h3-4,9,11-12H,5-8,10H2,1-2H3,(H,22,23)/t12-/m1/s1. The first-order valence-corrected chi connectivity index (χ1v) is 8.38. The van der Waals surface area contributed by atoms with Gasteiger partial charge < -0.3 is 19.2 Å². The summed E-state index contributed by atoms with van der Waals surface area (Å²) in [4.78, 5) is 39.6. The molecule has 8 heteroatoms. The van der Waals surface area contributed by atoms with Crippen LogP contribution in [0.5, 0.6) is 0 Å². The van der Waals surface area contributed by atoms with Crippen molar-refractivity contribution in [2.45, 2.75) is 38.5 Å². The Hall–Kier alpha value is -2.35. The number of rotatable bonds is 3. The minimum absolute atomic E-state index is 0.0477. The van der Waals surface area contributed by atoms with E-state index >= 15 is 0 Å². The molecule has 2 aliphatic heterocycles. The van der Waals surface area contributed by atoms with Gasteiger partial charge in [-0.05, 0) is 12.1 Å². The lowest BCUT2D eigenvalue weighted by molar-refractivity contribution is -0.149. The normalized spacial score (nSPS) is 22.6. The van der Waals surface area contributed by atoms with Gasteiger partial charge in [0.1, 0.15) is 5.72 Å². The van der Waals surface area contributed by atoms with Gasteiger partial charge in [-0.25, -0.2) is 4.79 Å². The highest BCUT2D eigenvalue weighted by molar-refractivity contribution is 5.95. The van der Waals surface area contributed by atoms with Gasteiger partial charge in [-0.3, -0.25) is 14.5 Å². The van der Waals surface area contributed by atoms with Crippen molar-refractivity contribution in [3.05, 3.63) is 24.2 Å². The molecule has 3 rings (SSSR count). The van der Waals surface area contributed by atoms with E-state index in [9.17, 15) is 19.5 Å². The Morgan fingerprint density at radius 1 is 1.28 bits per heavy atom. The third kappa shape index (κ3) is 3.02. The second kappa shape index (κ2) is 6.51. The van der Waals surface area contributed by atoms with Crippen LogP contribution in [-0.4, -0.2) is 64.2 Å². The number of piperidine rings is 1. The first-order valence-electron chi connectivity index (χ1n) is 8.38. The Bertz CT molecular complexity index is 661. The molecule has 1 aromatic heterocycles. The highest BCUT2D eigenvalue weighted by Crippen LogP contribution is 2.38. The van der Waals surface area contributed by atoms with Crippen LogP contribution in [0, 0.1) is 5.92 Å². The van der Waals surface area contributed by atoms with Crippen molar-refractivity contribution in [1.82, 2.24) is 9.80 Å². The molecule has 0 unspecified atom stereocenters. The number of carboxylic acid groups (broad SMARTS) is 1. The summed E-state index contributed by atoms with van der Waals surface area (Å²) in [5.74, 6) is -1.59. The van der Waals surface area contributed by atoms with Crippen LogP contribution in [0.15, 0.2) is 22.8 Å². The molecule has 2 saturated heterocycles. The number of carbonyl (C=O) groups is 3. The lowest BCUT2D eigenvalue weighted by atomic mass is 9.96. The molecule has 1 N–H and O–H groups in total. The van der Waals surface area contributed by atoms with Crippen molar-refractivity contribution in [3.63, 3.8) is 0 Å². The van der Waals surface area contributed by atoms with Crippen LogP contribution < -0.4 is 0 Å². The largest absolute Gasteiger partial charge is 0.480 e. The average molecular weight is 350 g/mol. The molecule has 1 spiro atoms. The van der Waals surface area contributed by atoms with E-state index in [1.54, 1.807) is 11.0 Å². The second-order valence-corrected chi connectivity index (χ2v) is 6.74. The predicted octanol–water partition coefficient (Wildman–Crippen LogP) is 1.18. The minimum Gasteiger partial charge on any atom is -0.480 e. The lowest BCUT2D eigenvalue weighted by Gasteiger charge is -2.44. The number of ether oxygens (including phenoxy) is 1. The summed E-state index contributed by atoms with van der Waals surface area (Å²) in [6.45, 7) is 4.45. The molecule has 1 atom stereocenters. The Balaban J connectivity index is 1.84. The maximum Gasteiger partial charge on any atom is 0.328 e. The Morgan fingerprint density at radius 2 is 1.96 bits per heavy atom. The topological polar surface area (TPSA) is 100 Å². The summed E-state index contributed by atoms with van der Waals surface area (Å²) in [7, 11) is 0. The van der Waals surface area contributed by atoms with Crippen molar-refractivity contribution < 1.29 is 28.6 Å². The zero-order valence-corrected chi connectivity index (χ0v) is 14.3. The summed E-state index contributed by atoms with van der Waals surface area (Å²) < 4.78 is 11.0. The molecule has 2 amide bonds. The van der Waals surface area contributed by atoms with Gasteiger partial charge in [0.25, 0.3) is 5.91 Å². The van der Waals surface area contributed by atoms with E-state index in [2.05, 4.69) is 0 Å². The first kappa shape index (κ1) is 17.5. The molecule has 0 aliphatic carbocycles. The van der Waals surface area contributed by atoms with Gasteiger partial charge in [0, 0.05) is 31.8 Å². The number of carboxylic acids is 1. The van der Waals surface area contributed by atoms with Crippen molar-refractivity contribution in [1.29, 1.82) is 0 Å². The van der Waals surface area contributed by atoms with Gasteiger partial charge in [0.2, 0.25) is 5.91 Å². The first-order chi connectivity index (χ1) is 11.9. The molecule has 0 saturated carbocycles. The number of likely N-dealkylation sites (tertiary alicyclic amines) is 1. The van der Waals surface area contributed by atoms with Gasteiger partial charge >= 0.3 is 5.97 Å². The fourth-order valence-corrected chi connectivity index (χ4v) is 3.52. The number of aliphatic carboxylic acids is 1. The summed E-state index contributed by atoms with van der Waals surface area (Å²) in [6.07, 6.45) is 2.12. The molecule has 3 heterocycles. The van der Waals surface area contributed by atoms with Crippen LogP contribution in [0.3, 0.4) is 0 Å². The molecule has 0 radical (unpaired) electrons. The third-order valence-corrected chi connectivity index (χ3v) is 4.85. The molecule has 2 fully saturated rings. The highest BCUT2D eigenvalue weighted by Gasteiger charge is 2.54. The van der Waals surface area contributed by atoms with Crippen molar-refractivity contribution in [2.75, 3.05) is 19.7 Å². The molecular weight excluding hydrogens is 328 g/mol. The summed E-state index contributed by atoms with van der Waals surface area (Å²) in [5, 5.41) is 9.49. The van der Waals surface area contributed by atoms with Gasteiger partial charge in [-0.1, -0.05) is 13.8 Å². The van der Waals surface area contributed by atoms with E-state index in [-0.39, 0.29) is 24.2 Å². The van der Waals surface area contributed by atoms with Gasteiger partial charge in [-0.15, -0.1) is 0 Å². The van der Waals surface area contributed by atoms with E-state index in [0.717, 1.165) is 0 Å². The quantitative estimate of drug-likeness (QED) is 0.879. The number of amides is 2. The summed E-state index contributed by atoms with van der Waals surface area (Å²) in [5.41, 5.74) is -1.01. The lowest BCUT2D eigenvalue weighted by Crippen LogP contribution is -2.59. The van der Waals surface area contributed by atoms with E-state index in [0.29, 0.717) is 25.9 Å². The van der Waals surface area contributed by atoms with Crippen molar-refractivity contribution >= 4 is 17.8 Å². The molecular formula is C17H22N2O6. The van der Waals surface area contributed by atoms with Crippen LogP contribution in [0.1, 0.15) is 37.2 Å². The molecule has 0 bridgehead atoms. The number of furan rings is 1. The number of hydrogen-bond donors (Lipinski definition) is 1. The van der Waals surface area contributed by atoms with Crippen LogP contribution in [0.4, 0.5) is 0 Å². The second-order valence-electron chi connectivity index (χ2n) is 6.74. The van der Waals surface area contributed by atoms with Crippen LogP contribution >= 0.6 is 0 Å². The molecule has 0 aromatic carbocycles. The van der Waals surface area contributed by atoms with E-state index in [1.165, 1.54) is 17.2 Å². The van der Waals surface area contributed by atoms with Crippen LogP contribution in [0.25, 0.3) is 0 Å². The van der Waals surface area contributed by atoms with Gasteiger partial charge in [-0.2, -0.15) is 0 Å². The van der Waals surface area contributed by atoms with Crippen LogP contribution in [-0.2, 0) is 14.3 Å². The average Bonchev–Trinajstić information content (AvgIpc) is 3.23. The van der Waals surface area contributed by atoms with Crippen LogP contribution in [0.2, 0.25) is 0 Å². The minimum atomic E-state index is -1.11. The predicted molar refractivity (Wildman–Crippen MR) is 85.6 cm³/mol. The van der Waals surface area contributed by atoms with E-state index < -0.39 is 23.6 Å². The van der Waals surface area contributed by atoms with Gasteiger partial charge in [0.05, 0.1) is 12.9 Å². The maximum absolute atomic E-state index is 12.8. The SMILES string of the molecule is CC(C)C(=O)N1CCC2(CC1)OC[C@H](C(=O)O)N2C(=O)c1ccco1. The zero-order chi connectivity index (χ0) is 18.2. The highest BCUT2D eigenvalue weighted by atomic mass is 16.5. The van der Waals surface area contributed by atoms with E-state index in [4.69, 9.17) is 9.15 Å². The molecule has 8 nitrogen and oxygen atoms in total.